The molecule has 0 aromatic carbocycles. The summed E-state index contributed by atoms with van der Waals surface area (Å²) >= 11 is 1.58. The van der Waals surface area contributed by atoms with Gasteiger partial charge in [-0.05, 0) is 13.2 Å². The van der Waals surface area contributed by atoms with Crippen molar-refractivity contribution in [1.82, 2.24) is 5.32 Å². The first kappa shape index (κ1) is 15.2. The van der Waals surface area contributed by atoms with E-state index in [2.05, 4.69) is 5.32 Å². The van der Waals surface area contributed by atoms with E-state index in [9.17, 15) is 8.42 Å². The minimum atomic E-state index is -2.89. The summed E-state index contributed by atoms with van der Waals surface area (Å²) in [5.41, 5.74) is 0. The lowest BCUT2D eigenvalue weighted by atomic mass is 10.2. The van der Waals surface area contributed by atoms with Crippen molar-refractivity contribution in [3.63, 3.8) is 0 Å². The van der Waals surface area contributed by atoms with Crippen molar-refractivity contribution in [3.05, 3.63) is 0 Å². The summed E-state index contributed by atoms with van der Waals surface area (Å²) in [6.07, 6.45) is 1.93. The van der Waals surface area contributed by atoms with Crippen molar-refractivity contribution in [1.29, 1.82) is 0 Å². The molecule has 0 saturated carbocycles. The molecule has 0 amide bonds. The standard InChI is InChI=1S/C9H21NO3S2/c1-4-15(12,13)6-5-10-8(2)9(7-11)14-3/h8-11H,4-7H2,1-3H3. The highest BCUT2D eigenvalue weighted by Crippen LogP contribution is 2.09. The monoisotopic (exact) mass is 255 g/mol. The van der Waals surface area contributed by atoms with Crippen LogP contribution in [0.3, 0.4) is 0 Å². The molecule has 0 aromatic heterocycles. The van der Waals surface area contributed by atoms with Crippen LogP contribution in [-0.2, 0) is 9.84 Å². The van der Waals surface area contributed by atoms with Crippen LogP contribution in [0.4, 0.5) is 0 Å². The molecule has 6 heteroatoms. The highest BCUT2D eigenvalue weighted by Gasteiger charge is 2.15. The Morgan fingerprint density at radius 1 is 1.47 bits per heavy atom. The number of sulfone groups is 1. The molecule has 0 aliphatic heterocycles. The molecule has 0 saturated heterocycles. The van der Waals surface area contributed by atoms with Gasteiger partial charge >= 0.3 is 0 Å². The molecule has 0 aliphatic rings. The van der Waals surface area contributed by atoms with Crippen LogP contribution in [-0.4, -0.2) is 55.7 Å². The molecular weight excluding hydrogens is 234 g/mol. The van der Waals surface area contributed by atoms with E-state index in [0.29, 0.717) is 6.54 Å². The zero-order valence-electron chi connectivity index (χ0n) is 9.56. The lowest BCUT2D eigenvalue weighted by Crippen LogP contribution is -2.39. The first-order valence-electron chi connectivity index (χ1n) is 5.04. The Morgan fingerprint density at radius 2 is 2.07 bits per heavy atom. The van der Waals surface area contributed by atoms with Gasteiger partial charge in [-0.1, -0.05) is 6.92 Å². The van der Waals surface area contributed by atoms with Gasteiger partial charge in [0.05, 0.1) is 12.4 Å². The summed E-state index contributed by atoms with van der Waals surface area (Å²) in [5, 5.41) is 12.3. The van der Waals surface area contributed by atoms with Crippen LogP contribution in [0.15, 0.2) is 0 Å². The SMILES string of the molecule is CCS(=O)(=O)CCNC(C)C(CO)SC. The van der Waals surface area contributed by atoms with Crippen LogP contribution in [0.2, 0.25) is 0 Å². The lowest BCUT2D eigenvalue weighted by Gasteiger charge is -2.21. The third-order valence-electron chi connectivity index (χ3n) is 2.36. The molecule has 0 rings (SSSR count). The Kier molecular flexibility index (Phi) is 7.60. The fraction of sp³-hybridized carbons (Fsp3) is 1.00. The summed E-state index contributed by atoms with van der Waals surface area (Å²) in [7, 11) is -2.89. The predicted molar refractivity (Wildman–Crippen MR) is 66.2 cm³/mol. The highest BCUT2D eigenvalue weighted by molar-refractivity contribution is 7.99. The largest absolute Gasteiger partial charge is 0.395 e. The molecule has 2 unspecified atom stereocenters. The zero-order valence-corrected chi connectivity index (χ0v) is 11.2. The van der Waals surface area contributed by atoms with Gasteiger partial charge in [0.1, 0.15) is 0 Å². The van der Waals surface area contributed by atoms with E-state index in [1.165, 1.54) is 0 Å². The van der Waals surface area contributed by atoms with Crippen LogP contribution in [0.1, 0.15) is 13.8 Å². The van der Waals surface area contributed by atoms with E-state index < -0.39 is 9.84 Å². The van der Waals surface area contributed by atoms with Gasteiger partial charge in [-0.3, -0.25) is 0 Å². The van der Waals surface area contributed by atoms with Crippen LogP contribution in [0.25, 0.3) is 0 Å². The molecule has 92 valence electrons. The normalized spacial score (nSPS) is 16.3. The molecule has 15 heavy (non-hydrogen) atoms. The Balaban J connectivity index is 3.86. The molecule has 4 nitrogen and oxygen atoms in total. The van der Waals surface area contributed by atoms with Gasteiger partial charge in [0, 0.05) is 23.6 Å². The molecule has 0 heterocycles. The van der Waals surface area contributed by atoms with Crippen molar-refractivity contribution < 1.29 is 13.5 Å². The molecule has 2 N–H and O–H groups in total. The molecule has 0 aliphatic carbocycles. The van der Waals surface area contributed by atoms with E-state index in [-0.39, 0.29) is 29.4 Å². The summed E-state index contributed by atoms with van der Waals surface area (Å²) in [4.78, 5) is 0. The maximum absolute atomic E-state index is 11.2. The van der Waals surface area contributed by atoms with Crippen LogP contribution < -0.4 is 5.32 Å². The highest BCUT2D eigenvalue weighted by atomic mass is 32.2. The third kappa shape index (κ3) is 6.40. The molecule has 0 aromatic rings. The number of rotatable bonds is 8. The lowest BCUT2D eigenvalue weighted by molar-refractivity contribution is 0.277. The van der Waals surface area contributed by atoms with Gasteiger partial charge in [0.2, 0.25) is 0 Å². The second-order valence-corrected chi connectivity index (χ2v) is 6.99. The second-order valence-electron chi connectivity index (χ2n) is 3.44. The van der Waals surface area contributed by atoms with Gasteiger partial charge in [-0.25, -0.2) is 8.42 Å². The predicted octanol–water partition coefficient (Wildman–Crippen LogP) is 0.123. The molecule has 2 atom stereocenters. The Morgan fingerprint density at radius 3 is 2.47 bits per heavy atom. The summed E-state index contributed by atoms with van der Waals surface area (Å²) < 4.78 is 22.4. The minimum absolute atomic E-state index is 0.107. The van der Waals surface area contributed by atoms with Crippen LogP contribution in [0.5, 0.6) is 0 Å². The second kappa shape index (κ2) is 7.49. The van der Waals surface area contributed by atoms with E-state index in [1.54, 1.807) is 18.7 Å². The minimum Gasteiger partial charge on any atom is -0.395 e. The fourth-order valence-electron chi connectivity index (χ4n) is 1.15. The van der Waals surface area contributed by atoms with Gasteiger partial charge in [-0.2, -0.15) is 11.8 Å². The summed E-state index contributed by atoms with van der Waals surface area (Å²) in [5.74, 6) is 0.357. The molecule has 0 fully saturated rings. The van der Waals surface area contributed by atoms with E-state index in [0.717, 1.165) is 0 Å². The number of hydrogen-bond acceptors (Lipinski definition) is 5. The molecular formula is C9H21NO3S2. The quantitative estimate of drug-likeness (QED) is 0.645. The van der Waals surface area contributed by atoms with Crippen molar-refractivity contribution in [2.24, 2.45) is 0 Å². The average Bonchev–Trinajstić information content (AvgIpc) is 2.19. The molecule has 0 spiro atoms. The van der Waals surface area contributed by atoms with Crippen molar-refractivity contribution >= 4 is 21.6 Å². The fourth-order valence-corrected chi connectivity index (χ4v) is 2.53. The zero-order chi connectivity index (χ0) is 11.9. The maximum atomic E-state index is 11.2. The Hall–Kier alpha value is 0.220. The summed E-state index contributed by atoms with van der Waals surface area (Å²) in [6.45, 7) is 4.16. The van der Waals surface area contributed by atoms with Crippen LogP contribution >= 0.6 is 11.8 Å². The van der Waals surface area contributed by atoms with E-state index in [1.807, 2.05) is 13.2 Å². The van der Waals surface area contributed by atoms with Crippen molar-refractivity contribution in [2.75, 3.05) is 30.9 Å². The Labute approximate surface area is 96.8 Å². The number of hydrogen-bond donors (Lipinski definition) is 2. The van der Waals surface area contributed by atoms with Gasteiger partial charge in [0.25, 0.3) is 0 Å². The van der Waals surface area contributed by atoms with Crippen molar-refractivity contribution in [2.45, 2.75) is 25.1 Å². The first-order chi connectivity index (χ1) is 6.96. The summed E-state index contributed by atoms with van der Waals surface area (Å²) in [6, 6.07) is 0.122. The smallest absolute Gasteiger partial charge is 0.151 e. The first-order valence-corrected chi connectivity index (χ1v) is 8.15. The number of nitrogens with one attached hydrogen (secondary N) is 1. The van der Waals surface area contributed by atoms with E-state index >= 15 is 0 Å². The average molecular weight is 255 g/mol. The van der Waals surface area contributed by atoms with Gasteiger partial charge in [-0.15, -0.1) is 0 Å². The number of aliphatic hydroxyl groups is 1. The number of aliphatic hydroxyl groups excluding tert-OH is 1. The maximum Gasteiger partial charge on any atom is 0.151 e. The van der Waals surface area contributed by atoms with Gasteiger partial charge < -0.3 is 10.4 Å². The topological polar surface area (TPSA) is 66.4 Å². The molecule has 0 bridgehead atoms. The van der Waals surface area contributed by atoms with Crippen LogP contribution in [0, 0.1) is 0 Å². The third-order valence-corrected chi connectivity index (χ3v) is 5.23. The van der Waals surface area contributed by atoms with E-state index in [4.69, 9.17) is 5.11 Å². The Bertz CT molecular complexity index is 250. The molecule has 0 radical (unpaired) electrons. The number of thioether (sulfide) groups is 1. The van der Waals surface area contributed by atoms with Gasteiger partial charge in [0.15, 0.2) is 9.84 Å². The van der Waals surface area contributed by atoms with Crippen molar-refractivity contribution in [3.8, 4) is 0 Å².